The smallest absolute Gasteiger partial charge is 0.337 e. The van der Waals surface area contributed by atoms with Crippen LogP contribution in [0.2, 0.25) is 5.02 Å². The number of nitrogens with zero attached hydrogens (tertiary/aromatic N) is 1. The third-order valence-corrected chi connectivity index (χ3v) is 4.03. The van der Waals surface area contributed by atoms with Gasteiger partial charge >= 0.3 is 11.0 Å². The third kappa shape index (κ3) is 3.71. The Morgan fingerprint density at radius 3 is 2.81 bits per heavy atom. The second-order valence-corrected chi connectivity index (χ2v) is 5.59. The van der Waals surface area contributed by atoms with Crippen LogP contribution in [-0.4, -0.2) is 18.0 Å². The molecule has 0 aliphatic rings. The van der Waals surface area contributed by atoms with Crippen LogP contribution in [0.1, 0.15) is 15.2 Å². The molecule has 0 bridgehead atoms. The van der Waals surface area contributed by atoms with Gasteiger partial charge in [0.1, 0.15) is 0 Å². The van der Waals surface area contributed by atoms with Gasteiger partial charge in [-0.2, -0.15) is 0 Å². The number of nitrogens with one attached hydrogen (secondary N) is 1. The number of benzene rings is 1. The maximum Gasteiger partial charge on any atom is 0.337 e. The van der Waals surface area contributed by atoms with Gasteiger partial charge in [-0.05, 0) is 24.3 Å². The minimum absolute atomic E-state index is 0.0845. The van der Waals surface area contributed by atoms with Crippen molar-refractivity contribution in [2.75, 3.05) is 12.4 Å². The van der Waals surface area contributed by atoms with Crippen LogP contribution in [0.3, 0.4) is 0 Å². The third-order valence-electron chi connectivity index (χ3n) is 2.67. The number of thiophene rings is 1. The maximum atomic E-state index is 11.5. The van der Waals surface area contributed by atoms with Crippen LogP contribution >= 0.6 is 22.9 Å². The molecule has 0 fully saturated rings. The van der Waals surface area contributed by atoms with Gasteiger partial charge in [-0.1, -0.05) is 22.9 Å². The Morgan fingerprint density at radius 2 is 2.19 bits per heavy atom. The largest absolute Gasteiger partial charge is 0.465 e. The van der Waals surface area contributed by atoms with Gasteiger partial charge < -0.3 is 10.1 Å². The predicted octanol–water partition coefficient (Wildman–Crippen LogP) is 3.71. The number of nitro groups is 1. The molecule has 0 saturated heterocycles. The first kappa shape index (κ1) is 15.3. The highest BCUT2D eigenvalue weighted by Crippen LogP contribution is 2.27. The Bertz CT molecular complexity index is 687. The predicted molar refractivity (Wildman–Crippen MR) is 81.1 cm³/mol. The minimum atomic E-state index is -0.457. The topological polar surface area (TPSA) is 81.5 Å². The van der Waals surface area contributed by atoms with Crippen LogP contribution in [0.15, 0.2) is 30.3 Å². The van der Waals surface area contributed by atoms with Crippen LogP contribution in [0, 0.1) is 10.1 Å². The molecule has 0 atom stereocenters. The zero-order valence-corrected chi connectivity index (χ0v) is 12.5. The summed E-state index contributed by atoms with van der Waals surface area (Å²) in [5.41, 5.74) is 0.942. The van der Waals surface area contributed by atoms with Gasteiger partial charge in [-0.3, -0.25) is 10.1 Å². The zero-order chi connectivity index (χ0) is 15.4. The molecule has 21 heavy (non-hydrogen) atoms. The van der Waals surface area contributed by atoms with Gasteiger partial charge in [-0.15, -0.1) is 0 Å². The number of esters is 1. The molecule has 2 aromatic rings. The van der Waals surface area contributed by atoms with Crippen molar-refractivity contribution in [1.29, 1.82) is 0 Å². The summed E-state index contributed by atoms with van der Waals surface area (Å²) in [6.07, 6.45) is 0. The van der Waals surface area contributed by atoms with Crippen molar-refractivity contribution >= 4 is 39.6 Å². The van der Waals surface area contributed by atoms with Crippen molar-refractivity contribution in [3.63, 3.8) is 0 Å². The number of anilines is 1. The molecule has 0 amide bonds. The first-order valence-electron chi connectivity index (χ1n) is 5.86. The fourth-order valence-electron chi connectivity index (χ4n) is 1.65. The summed E-state index contributed by atoms with van der Waals surface area (Å²) in [5, 5.41) is 14.2. The van der Waals surface area contributed by atoms with Gasteiger partial charge in [0.2, 0.25) is 0 Å². The van der Waals surface area contributed by atoms with Gasteiger partial charge in [-0.25, -0.2) is 4.79 Å². The quantitative estimate of drug-likeness (QED) is 0.514. The molecule has 8 heteroatoms. The number of rotatable bonds is 5. The number of hydrogen-bond donors (Lipinski definition) is 1. The highest BCUT2D eigenvalue weighted by Gasteiger charge is 2.11. The molecule has 0 radical (unpaired) electrons. The van der Waals surface area contributed by atoms with Crippen LogP contribution in [0.5, 0.6) is 0 Å². The van der Waals surface area contributed by atoms with E-state index < -0.39 is 10.9 Å². The number of methoxy groups -OCH3 is 1. The van der Waals surface area contributed by atoms with E-state index in [0.29, 0.717) is 22.8 Å². The van der Waals surface area contributed by atoms with Crippen LogP contribution < -0.4 is 5.32 Å². The average Bonchev–Trinajstić information content (AvgIpc) is 2.94. The molecule has 0 aliphatic carbocycles. The molecule has 0 aliphatic heterocycles. The summed E-state index contributed by atoms with van der Waals surface area (Å²) in [6, 6.07) is 7.86. The number of hydrogen-bond acceptors (Lipinski definition) is 6. The Hall–Kier alpha value is -2.12. The summed E-state index contributed by atoms with van der Waals surface area (Å²) in [4.78, 5) is 22.4. The SMILES string of the molecule is COC(=O)c1ccc(Cl)c(NCc2ccc([N+](=O)[O-])s2)c1. The van der Waals surface area contributed by atoms with E-state index in [9.17, 15) is 14.9 Å². The second-order valence-electron chi connectivity index (χ2n) is 4.04. The van der Waals surface area contributed by atoms with Gasteiger partial charge in [0.05, 0.1) is 28.3 Å². The average molecular weight is 327 g/mol. The van der Waals surface area contributed by atoms with E-state index in [1.807, 2.05) is 0 Å². The van der Waals surface area contributed by atoms with Crippen LogP contribution in [0.4, 0.5) is 10.7 Å². The van der Waals surface area contributed by atoms with E-state index in [1.54, 1.807) is 24.3 Å². The van der Waals surface area contributed by atoms with E-state index in [-0.39, 0.29) is 5.00 Å². The summed E-state index contributed by atoms with van der Waals surface area (Å²) in [5.74, 6) is -0.457. The maximum absolute atomic E-state index is 11.5. The van der Waals surface area contributed by atoms with Crippen molar-refractivity contribution in [3.8, 4) is 0 Å². The van der Waals surface area contributed by atoms with Gasteiger partial charge in [0.25, 0.3) is 0 Å². The molecular weight excluding hydrogens is 316 g/mol. The Labute approximate surface area is 129 Å². The molecule has 0 spiro atoms. The summed E-state index contributed by atoms with van der Waals surface area (Å²) < 4.78 is 4.64. The fourth-order valence-corrected chi connectivity index (χ4v) is 2.59. The molecule has 0 unspecified atom stereocenters. The lowest BCUT2D eigenvalue weighted by Gasteiger charge is -2.08. The van der Waals surface area contributed by atoms with Crippen molar-refractivity contribution in [3.05, 3.63) is 55.9 Å². The lowest BCUT2D eigenvalue weighted by atomic mass is 10.2. The highest BCUT2D eigenvalue weighted by molar-refractivity contribution is 7.15. The number of carbonyl (C=O) groups excluding carboxylic acids is 1. The zero-order valence-electron chi connectivity index (χ0n) is 11.0. The molecule has 1 aromatic heterocycles. The molecule has 110 valence electrons. The monoisotopic (exact) mass is 326 g/mol. The Morgan fingerprint density at radius 1 is 1.43 bits per heavy atom. The first-order valence-corrected chi connectivity index (χ1v) is 7.05. The second kappa shape index (κ2) is 6.55. The lowest BCUT2D eigenvalue weighted by Crippen LogP contribution is -2.04. The molecule has 2 rings (SSSR count). The van der Waals surface area contributed by atoms with Crippen molar-refractivity contribution in [2.24, 2.45) is 0 Å². The number of halogens is 1. The Balaban J connectivity index is 2.11. The van der Waals surface area contributed by atoms with Crippen LogP contribution in [-0.2, 0) is 11.3 Å². The van der Waals surface area contributed by atoms with E-state index >= 15 is 0 Å². The fraction of sp³-hybridized carbons (Fsp3) is 0.154. The first-order chi connectivity index (χ1) is 10.0. The van der Waals surface area contributed by atoms with Gasteiger partial charge in [0.15, 0.2) is 0 Å². The molecule has 0 saturated carbocycles. The molecular formula is C13H11ClN2O4S. The van der Waals surface area contributed by atoms with Crippen molar-refractivity contribution < 1.29 is 14.5 Å². The number of ether oxygens (including phenoxy) is 1. The normalized spacial score (nSPS) is 10.2. The highest BCUT2D eigenvalue weighted by atomic mass is 35.5. The summed E-state index contributed by atoms with van der Waals surface area (Å²) >= 11 is 7.13. The minimum Gasteiger partial charge on any atom is -0.465 e. The molecule has 6 nitrogen and oxygen atoms in total. The van der Waals surface area contributed by atoms with E-state index in [4.69, 9.17) is 11.6 Å². The molecule has 1 aromatic carbocycles. The van der Waals surface area contributed by atoms with Gasteiger partial charge in [0, 0.05) is 17.5 Å². The molecule has 1 N–H and O–H groups in total. The lowest BCUT2D eigenvalue weighted by molar-refractivity contribution is -0.380. The number of carbonyl (C=O) groups is 1. The van der Waals surface area contributed by atoms with Crippen LogP contribution in [0.25, 0.3) is 0 Å². The van der Waals surface area contributed by atoms with E-state index in [2.05, 4.69) is 10.1 Å². The van der Waals surface area contributed by atoms with Crippen molar-refractivity contribution in [1.82, 2.24) is 0 Å². The molecule has 1 heterocycles. The van der Waals surface area contributed by atoms with E-state index in [0.717, 1.165) is 16.2 Å². The summed E-state index contributed by atoms with van der Waals surface area (Å²) in [6.45, 7) is 0.378. The Kier molecular flexibility index (Phi) is 4.77. The van der Waals surface area contributed by atoms with E-state index in [1.165, 1.54) is 13.2 Å². The standard InChI is InChI=1S/C13H11ClN2O4S/c1-20-13(17)8-2-4-10(14)11(6-8)15-7-9-3-5-12(21-9)16(18)19/h2-6,15H,7H2,1H3. The summed E-state index contributed by atoms with van der Waals surface area (Å²) in [7, 11) is 1.30. The van der Waals surface area contributed by atoms with Crippen molar-refractivity contribution in [2.45, 2.75) is 6.54 Å².